The van der Waals surface area contributed by atoms with E-state index in [2.05, 4.69) is 10.0 Å². The smallest absolute Gasteiger partial charge is 0.301 e. The van der Waals surface area contributed by atoms with E-state index in [-0.39, 0.29) is 25.0 Å². The number of ether oxygens (including phenoxy) is 3. The molecule has 0 saturated carbocycles. The van der Waals surface area contributed by atoms with E-state index in [4.69, 9.17) is 14.2 Å². The number of carbonyl (C=O) groups excluding carboxylic acids is 1. The molecule has 1 amide bonds. The van der Waals surface area contributed by atoms with Gasteiger partial charge in [-0.25, -0.2) is 0 Å². The van der Waals surface area contributed by atoms with E-state index in [9.17, 15) is 13.2 Å². The minimum absolute atomic E-state index is 0.117. The number of rotatable bonds is 5. The molecule has 0 bridgehead atoms. The summed E-state index contributed by atoms with van der Waals surface area (Å²) in [4.78, 5) is 12.4. The van der Waals surface area contributed by atoms with Crippen molar-refractivity contribution >= 4 is 27.5 Å². The third-order valence-corrected chi connectivity index (χ3v) is 6.36. The first-order valence-corrected chi connectivity index (χ1v) is 10.3. The van der Waals surface area contributed by atoms with Gasteiger partial charge in [-0.05, 0) is 35.4 Å². The fourth-order valence-electron chi connectivity index (χ4n) is 3.42. The second-order valence-electron chi connectivity index (χ2n) is 6.95. The lowest BCUT2D eigenvalue weighted by molar-refractivity contribution is -0.116. The molecule has 2 aromatic rings. The molecule has 2 aliphatic heterocycles. The van der Waals surface area contributed by atoms with Gasteiger partial charge < -0.3 is 19.5 Å². The fraction of sp³-hybridized carbons (Fsp3) is 0.316. The van der Waals surface area contributed by atoms with Gasteiger partial charge >= 0.3 is 10.2 Å². The highest BCUT2D eigenvalue weighted by atomic mass is 32.2. The van der Waals surface area contributed by atoms with Crippen LogP contribution >= 0.6 is 0 Å². The summed E-state index contributed by atoms with van der Waals surface area (Å²) in [5.74, 6) is 1.26. The molecule has 0 spiro atoms. The van der Waals surface area contributed by atoms with Crippen molar-refractivity contribution in [3.05, 3.63) is 41.5 Å². The Kier molecular flexibility index (Phi) is 4.75. The summed E-state index contributed by atoms with van der Waals surface area (Å²) >= 11 is 0. The molecule has 1 unspecified atom stereocenters. The van der Waals surface area contributed by atoms with Crippen molar-refractivity contribution in [2.75, 3.05) is 38.0 Å². The van der Waals surface area contributed by atoms with E-state index in [0.717, 1.165) is 15.4 Å². The Hall–Kier alpha value is -2.98. The molecule has 2 N–H and O–H groups in total. The summed E-state index contributed by atoms with van der Waals surface area (Å²) in [7, 11) is 0.770. The number of anilines is 2. The summed E-state index contributed by atoms with van der Waals surface area (Å²) in [5, 5.41) is 2.82. The molecule has 0 saturated heterocycles. The third-order valence-electron chi connectivity index (χ3n) is 4.90. The molecular weight excluding hydrogens is 398 g/mol. The Morgan fingerprint density at radius 3 is 2.72 bits per heavy atom. The molecule has 2 aliphatic rings. The molecule has 0 radical (unpaired) electrons. The number of fused-ring (bicyclic) bond motifs is 2. The molecule has 154 valence electrons. The number of methoxy groups -OCH3 is 1. The highest BCUT2D eigenvalue weighted by molar-refractivity contribution is 7.90. The lowest BCUT2D eigenvalue weighted by Crippen LogP contribution is -2.29. The predicted molar refractivity (Wildman–Crippen MR) is 107 cm³/mol. The third kappa shape index (κ3) is 3.56. The van der Waals surface area contributed by atoms with Crippen LogP contribution in [0.25, 0.3) is 0 Å². The summed E-state index contributed by atoms with van der Waals surface area (Å²) in [6, 6.07) is 8.78. The van der Waals surface area contributed by atoms with E-state index >= 15 is 0 Å². The van der Waals surface area contributed by atoms with Crippen LogP contribution in [0.3, 0.4) is 0 Å². The maximum absolute atomic E-state index is 12.4. The van der Waals surface area contributed by atoms with Gasteiger partial charge in [-0.15, -0.1) is 0 Å². The minimum Gasteiger partial charge on any atom is -0.493 e. The molecule has 29 heavy (non-hydrogen) atoms. The fourth-order valence-corrected chi connectivity index (χ4v) is 4.02. The van der Waals surface area contributed by atoms with Crippen molar-refractivity contribution in [1.29, 1.82) is 0 Å². The van der Waals surface area contributed by atoms with Crippen molar-refractivity contribution in [1.82, 2.24) is 4.31 Å². The van der Waals surface area contributed by atoms with Crippen LogP contribution in [0, 0.1) is 0 Å². The monoisotopic (exact) mass is 419 g/mol. The molecule has 0 fully saturated rings. The minimum atomic E-state index is -3.65. The number of nitrogens with one attached hydrogen (secondary N) is 2. The molecule has 2 heterocycles. The van der Waals surface area contributed by atoms with Gasteiger partial charge in [-0.2, -0.15) is 12.7 Å². The van der Waals surface area contributed by atoms with Crippen molar-refractivity contribution in [3.63, 3.8) is 0 Å². The van der Waals surface area contributed by atoms with Gasteiger partial charge in [-0.1, -0.05) is 6.07 Å². The van der Waals surface area contributed by atoms with Crippen molar-refractivity contribution in [3.8, 4) is 17.2 Å². The standard InChI is InChI=1S/C19H21N3O6S/c1-22(2)29(24,25)21-12-4-5-13-14(9-18(23)20-15(13)8-12)11-6-16(26-3)19-17(7-11)27-10-28-19/h4-8,14,21H,9-10H2,1-3H3,(H,20,23). The zero-order valence-electron chi connectivity index (χ0n) is 16.2. The first kappa shape index (κ1) is 19.3. The van der Waals surface area contributed by atoms with Crippen LogP contribution < -0.4 is 24.2 Å². The summed E-state index contributed by atoms with van der Waals surface area (Å²) < 4.78 is 44.1. The van der Waals surface area contributed by atoms with Gasteiger partial charge in [0.05, 0.1) is 12.8 Å². The molecule has 4 rings (SSSR count). The van der Waals surface area contributed by atoms with Crippen molar-refractivity contribution in [2.45, 2.75) is 12.3 Å². The molecule has 2 aromatic carbocycles. The zero-order valence-corrected chi connectivity index (χ0v) is 17.0. The van der Waals surface area contributed by atoms with Crippen LogP contribution in [0.5, 0.6) is 17.2 Å². The second kappa shape index (κ2) is 7.12. The highest BCUT2D eigenvalue weighted by Crippen LogP contribution is 2.46. The Morgan fingerprint density at radius 2 is 2.00 bits per heavy atom. The maximum Gasteiger partial charge on any atom is 0.301 e. The lowest BCUT2D eigenvalue weighted by atomic mass is 9.84. The normalized spacial score (nSPS) is 17.7. The van der Waals surface area contributed by atoms with Crippen LogP contribution in [-0.2, 0) is 15.0 Å². The Bertz CT molecular complexity index is 1080. The average Bonchev–Trinajstić information content (AvgIpc) is 3.14. The van der Waals surface area contributed by atoms with E-state index in [1.54, 1.807) is 19.2 Å². The second-order valence-corrected chi connectivity index (χ2v) is 8.84. The SMILES string of the molecule is COc1cc(C2CC(=O)Nc3cc(NS(=O)(=O)N(C)C)ccc32)cc2c1OCO2. The number of amides is 1. The van der Waals surface area contributed by atoms with Crippen molar-refractivity contribution < 1.29 is 27.4 Å². The number of carbonyl (C=O) groups is 1. The lowest BCUT2D eigenvalue weighted by Gasteiger charge is -2.27. The Labute approximate surface area is 168 Å². The van der Waals surface area contributed by atoms with Crippen LogP contribution in [0.2, 0.25) is 0 Å². The van der Waals surface area contributed by atoms with Crippen LogP contribution in [0.4, 0.5) is 11.4 Å². The van der Waals surface area contributed by atoms with Crippen LogP contribution in [0.15, 0.2) is 30.3 Å². The first-order valence-electron chi connectivity index (χ1n) is 8.90. The number of hydrogen-bond acceptors (Lipinski definition) is 6. The van der Waals surface area contributed by atoms with Gasteiger partial charge in [0, 0.05) is 32.1 Å². The van der Waals surface area contributed by atoms with Crippen molar-refractivity contribution in [2.24, 2.45) is 0 Å². The summed E-state index contributed by atoms with van der Waals surface area (Å²) in [6.07, 6.45) is 0.249. The van der Waals surface area contributed by atoms with E-state index in [1.165, 1.54) is 14.1 Å². The van der Waals surface area contributed by atoms with E-state index in [0.29, 0.717) is 28.6 Å². The summed E-state index contributed by atoms with van der Waals surface area (Å²) in [5.41, 5.74) is 2.64. The quantitative estimate of drug-likeness (QED) is 0.769. The largest absolute Gasteiger partial charge is 0.493 e. The van der Waals surface area contributed by atoms with Gasteiger partial charge in [-0.3, -0.25) is 9.52 Å². The topological polar surface area (TPSA) is 106 Å². The molecule has 10 heteroatoms. The molecule has 0 aromatic heterocycles. The number of nitrogens with zero attached hydrogens (tertiary/aromatic N) is 1. The predicted octanol–water partition coefficient (Wildman–Crippen LogP) is 2.12. The first-order chi connectivity index (χ1) is 13.8. The van der Waals surface area contributed by atoms with Crippen LogP contribution in [-0.4, -0.2) is 46.6 Å². The maximum atomic E-state index is 12.4. The highest BCUT2D eigenvalue weighted by Gasteiger charge is 2.30. The van der Waals surface area contributed by atoms with E-state index < -0.39 is 10.2 Å². The Morgan fingerprint density at radius 1 is 1.21 bits per heavy atom. The summed E-state index contributed by atoms with van der Waals surface area (Å²) in [6.45, 7) is 0.117. The number of hydrogen-bond donors (Lipinski definition) is 2. The molecule has 9 nitrogen and oxygen atoms in total. The number of benzene rings is 2. The zero-order chi connectivity index (χ0) is 20.8. The molecular formula is C19H21N3O6S. The molecule has 0 aliphatic carbocycles. The van der Waals surface area contributed by atoms with Gasteiger partial charge in [0.2, 0.25) is 18.4 Å². The average molecular weight is 419 g/mol. The van der Waals surface area contributed by atoms with Gasteiger partial charge in [0.1, 0.15) is 0 Å². The van der Waals surface area contributed by atoms with E-state index in [1.807, 2.05) is 18.2 Å². The Balaban J connectivity index is 1.73. The molecule has 1 atom stereocenters. The van der Waals surface area contributed by atoms with Gasteiger partial charge in [0.15, 0.2) is 11.5 Å². The van der Waals surface area contributed by atoms with Gasteiger partial charge in [0.25, 0.3) is 0 Å². The van der Waals surface area contributed by atoms with Crippen LogP contribution in [0.1, 0.15) is 23.5 Å².